The van der Waals surface area contributed by atoms with Crippen molar-refractivity contribution in [2.45, 2.75) is 52.4 Å². The summed E-state index contributed by atoms with van der Waals surface area (Å²) in [6.45, 7) is 11.4. The molecule has 0 amide bonds. The van der Waals surface area contributed by atoms with Gasteiger partial charge in [0.2, 0.25) is 0 Å². The van der Waals surface area contributed by atoms with E-state index in [4.69, 9.17) is 0 Å². The molecule has 1 atom stereocenters. The van der Waals surface area contributed by atoms with Gasteiger partial charge in [0.25, 0.3) is 0 Å². The van der Waals surface area contributed by atoms with Gasteiger partial charge in [-0.25, -0.2) is 0 Å². The third-order valence-electron chi connectivity index (χ3n) is 4.00. The van der Waals surface area contributed by atoms with Crippen molar-refractivity contribution in [2.24, 2.45) is 5.92 Å². The first-order valence-electron chi connectivity index (χ1n) is 7.29. The number of nitrogens with one attached hydrogen (secondary N) is 1. The lowest BCUT2D eigenvalue weighted by atomic mass is 9.80. The zero-order chi connectivity index (χ0) is 13.1. The molecule has 2 heteroatoms. The second kappa shape index (κ2) is 5.83. The molecular formula is C16H26N2. The van der Waals surface area contributed by atoms with Crippen LogP contribution in [0.5, 0.6) is 0 Å². The standard InChI is InChI=1S/C16H26N2/c1-11(2)14-10-17-8-5-6-13-7-9-18-16(12(3)4)15(13)14/h7,9,11-12,14,17H,5-6,8,10H2,1-4H3. The molecule has 0 spiro atoms. The summed E-state index contributed by atoms with van der Waals surface area (Å²) in [7, 11) is 0. The number of pyridine rings is 1. The van der Waals surface area contributed by atoms with Crippen LogP contribution in [0.2, 0.25) is 0 Å². The minimum Gasteiger partial charge on any atom is -0.316 e. The van der Waals surface area contributed by atoms with Gasteiger partial charge in [-0.3, -0.25) is 4.98 Å². The number of hydrogen-bond acceptors (Lipinski definition) is 2. The van der Waals surface area contributed by atoms with Crippen LogP contribution in [0.3, 0.4) is 0 Å². The van der Waals surface area contributed by atoms with Crippen LogP contribution in [0.1, 0.15) is 62.8 Å². The average Bonchev–Trinajstić information content (AvgIpc) is 2.28. The molecule has 0 radical (unpaired) electrons. The Balaban J connectivity index is 2.51. The number of rotatable bonds is 2. The third kappa shape index (κ3) is 2.74. The van der Waals surface area contributed by atoms with Gasteiger partial charge in [-0.1, -0.05) is 27.7 Å². The van der Waals surface area contributed by atoms with Crippen LogP contribution in [0.15, 0.2) is 12.3 Å². The maximum absolute atomic E-state index is 4.67. The fraction of sp³-hybridized carbons (Fsp3) is 0.688. The summed E-state index contributed by atoms with van der Waals surface area (Å²) in [5.41, 5.74) is 4.39. The highest BCUT2D eigenvalue weighted by Crippen LogP contribution is 2.33. The first-order valence-corrected chi connectivity index (χ1v) is 7.29. The van der Waals surface area contributed by atoms with Gasteiger partial charge in [0.1, 0.15) is 0 Å². The summed E-state index contributed by atoms with van der Waals surface area (Å²) >= 11 is 0. The molecular weight excluding hydrogens is 220 g/mol. The van der Waals surface area contributed by atoms with E-state index in [1.807, 2.05) is 6.20 Å². The molecule has 0 saturated heterocycles. The molecule has 18 heavy (non-hydrogen) atoms. The molecule has 1 aliphatic rings. The van der Waals surface area contributed by atoms with Crippen molar-refractivity contribution in [3.63, 3.8) is 0 Å². The first-order chi connectivity index (χ1) is 8.61. The molecule has 1 aromatic heterocycles. The zero-order valence-electron chi connectivity index (χ0n) is 12.2. The Morgan fingerprint density at radius 2 is 2.06 bits per heavy atom. The molecule has 0 aromatic carbocycles. The van der Waals surface area contributed by atoms with E-state index in [1.165, 1.54) is 29.7 Å². The van der Waals surface area contributed by atoms with E-state index >= 15 is 0 Å². The molecule has 1 unspecified atom stereocenters. The van der Waals surface area contributed by atoms with Gasteiger partial charge >= 0.3 is 0 Å². The summed E-state index contributed by atoms with van der Waals surface area (Å²) in [4.78, 5) is 4.67. The van der Waals surface area contributed by atoms with E-state index in [-0.39, 0.29) is 0 Å². The van der Waals surface area contributed by atoms with Gasteiger partial charge in [-0.05, 0) is 48.4 Å². The van der Waals surface area contributed by atoms with E-state index in [1.54, 1.807) is 0 Å². The van der Waals surface area contributed by atoms with Crippen LogP contribution < -0.4 is 5.32 Å². The fourth-order valence-electron chi connectivity index (χ4n) is 2.97. The lowest BCUT2D eigenvalue weighted by Crippen LogP contribution is -2.30. The van der Waals surface area contributed by atoms with E-state index < -0.39 is 0 Å². The van der Waals surface area contributed by atoms with Gasteiger partial charge in [0.05, 0.1) is 0 Å². The van der Waals surface area contributed by atoms with E-state index in [9.17, 15) is 0 Å². The van der Waals surface area contributed by atoms with E-state index in [2.05, 4.69) is 44.1 Å². The van der Waals surface area contributed by atoms with Crippen LogP contribution in [0, 0.1) is 5.92 Å². The van der Waals surface area contributed by atoms with Crippen LogP contribution in [-0.2, 0) is 6.42 Å². The smallest absolute Gasteiger partial charge is 0.0467 e. The molecule has 0 fully saturated rings. The van der Waals surface area contributed by atoms with Gasteiger partial charge in [0, 0.05) is 24.4 Å². The molecule has 0 saturated carbocycles. The minimum atomic E-state index is 0.514. The summed E-state index contributed by atoms with van der Waals surface area (Å²) in [5.74, 6) is 1.78. The second-order valence-electron chi connectivity index (χ2n) is 6.08. The van der Waals surface area contributed by atoms with Crippen molar-refractivity contribution in [3.8, 4) is 0 Å². The first kappa shape index (κ1) is 13.5. The maximum atomic E-state index is 4.67. The van der Waals surface area contributed by atoms with Gasteiger partial charge < -0.3 is 5.32 Å². The van der Waals surface area contributed by atoms with E-state index in [0.717, 1.165) is 13.1 Å². The van der Waals surface area contributed by atoms with Gasteiger partial charge in [-0.2, -0.15) is 0 Å². The Kier molecular flexibility index (Phi) is 4.39. The number of aryl methyl sites for hydroxylation is 1. The van der Waals surface area contributed by atoms with Crippen molar-refractivity contribution in [1.82, 2.24) is 10.3 Å². The number of nitrogens with zero attached hydrogens (tertiary/aromatic N) is 1. The van der Waals surface area contributed by atoms with Gasteiger partial charge in [0.15, 0.2) is 0 Å². The predicted octanol–water partition coefficient (Wildman–Crippen LogP) is 3.48. The fourth-order valence-corrected chi connectivity index (χ4v) is 2.97. The van der Waals surface area contributed by atoms with Crippen LogP contribution in [0.25, 0.3) is 0 Å². The van der Waals surface area contributed by atoms with Crippen molar-refractivity contribution in [3.05, 3.63) is 29.1 Å². The Bertz CT molecular complexity index is 396. The summed E-state index contributed by atoms with van der Waals surface area (Å²) in [6.07, 6.45) is 4.42. The van der Waals surface area contributed by atoms with Crippen LogP contribution in [-0.4, -0.2) is 18.1 Å². The van der Waals surface area contributed by atoms with Crippen molar-refractivity contribution < 1.29 is 0 Å². The SMILES string of the molecule is CC(C)c1nccc2c1C(C(C)C)CNCCC2. The highest BCUT2D eigenvalue weighted by atomic mass is 14.9. The Hall–Kier alpha value is -0.890. The van der Waals surface area contributed by atoms with Crippen molar-refractivity contribution in [2.75, 3.05) is 13.1 Å². The highest BCUT2D eigenvalue weighted by molar-refractivity contribution is 5.36. The lowest BCUT2D eigenvalue weighted by Gasteiger charge is -2.29. The molecule has 0 bridgehead atoms. The van der Waals surface area contributed by atoms with Crippen LogP contribution >= 0.6 is 0 Å². The molecule has 2 heterocycles. The largest absolute Gasteiger partial charge is 0.316 e. The predicted molar refractivity (Wildman–Crippen MR) is 77.1 cm³/mol. The number of aromatic nitrogens is 1. The van der Waals surface area contributed by atoms with Crippen LogP contribution in [0.4, 0.5) is 0 Å². The monoisotopic (exact) mass is 246 g/mol. The Labute approximate surface area is 111 Å². The van der Waals surface area contributed by atoms with E-state index in [0.29, 0.717) is 17.8 Å². The van der Waals surface area contributed by atoms with Crippen molar-refractivity contribution in [1.29, 1.82) is 0 Å². The molecule has 1 aromatic rings. The molecule has 2 nitrogen and oxygen atoms in total. The molecule has 1 aliphatic heterocycles. The Morgan fingerprint density at radius 1 is 1.28 bits per heavy atom. The van der Waals surface area contributed by atoms with Gasteiger partial charge in [-0.15, -0.1) is 0 Å². The Morgan fingerprint density at radius 3 is 2.72 bits per heavy atom. The number of hydrogen-bond donors (Lipinski definition) is 1. The molecule has 0 aliphatic carbocycles. The highest BCUT2D eigenvalue weighted by Gasteiger charge is 2.24. The molecule has 100 valence electrons. The zero-order valence-corrected chi connectivity index (χ0v) is 12.2. The average molecular weight is 246 g/mol. The second-order valence-corrected chi connectivity index (χ2v) is 6.08. The van der Waals surface area contributed by atoms with Crippen molar-refractivity contribution >= 4 is 0 Å². The minimum absolute atomic E-state index is 0.514. The lowest BCUT2D eigenvalue weighted by molar-refractivity contribution is 0.441. The third-order valence-corrected chi connectivity index (χ3v) is 4.00. The quantitative estimate of drug-likeness (QED) is 0.864. The molecule has 1 N–H and O–H groups in total. The summed E-state index contributed by atoms with van der Waals surface area (Å²) in [5, 5.41) is 3.60. The summed E-state index contributed by atoms with van der Waals surface area (Å²) < 4.78 is 0. The number of fused-ring (bicyclic) bond motifs is 1. The normalized spacial score (nSPS) is 20.7. The maximum Gasteiger partial charge on any atom is 0.0467 e. The summed E-state index contributed by atoms with van der Waals surface area (Å²) in [6, 6.07) is 2.24. The molecule has 2 rings (SSSR count). The topological polar surface area (TPSA) is 24.9 Å².